The van der Waals surface area contributed by atoms with Gasteiger partial charge in [-0.15, -0.1) is 0 Å². The highest BCUT2D eigenvalue weighted by Gasteiger charge is 2.28. The van der Waals surface area contributed by atoms with E-state index in [9.17, 15) is 14.4 Å². The van der Waals surface area contributed by atoms with Crippen LogP contribution in [0.4, 0.5) is 5.69 Å². The molecule has 0 bridgehead atoms. The maximum Gasteiger partial charge on any atom is 0.248 e. The summed E-state index contributed by atoms with van der Waals surface area (Å²) in [6, 6.07) is 34.0. The molecular weight excluding hydrogens is 450 g/mol. The zero-order chi connectivity index (χ0) is 25.3. The van der Waals surface area contributed by atoms with Gasteiger partial charge in [0.15, 0.2) is 0 Å². The molecule has 6 heteroatoms. The van der Waals surface area contributed by atoms with E-state index in [1.165, 1.54) is 0 Å². The van der Waals surface area contributed by atoms with E-state index < -0.39 is 17.9 Å². The second kappa shape index (κ2) is 11.6. The minimum Gasteiger partial charge on any atom is -0.366 e. The van der Waals surface area contributed by atoms with Crippen molar-refractivity contribution in [2.45, 2.75) is 18.4 Å². The summed E-state index contributed by atoms with van der Waals surface area (Å²) in [6.45, 7) is 0. The minimum atomic E-state index is -0.828. The summed E-state index contributed by atoms with van der Waals surface area (Å²) in [7, 11) is 0. The monoisotopic (exact) mass is 477 g/mol. The van der Waals surface area contributed by atoms with Gasteiger partial charge in [-0.1, -0.05) is 91.0 Å². The second-order valence-electron chi connectivity index (χ2n) is 8.44. The van der Waals surface area contributed by atoms with E-state index in [-0.39, 0.29) is 11.8 Å². The van der Waals surface area contributed by atoms with E-state index in [0.717, 1.165) is 16.7 Å². The molecule has 6 nitrogen and oxygen atoms in total. The molecule has 180 valence electrons. The standard InChI is InChI=1S/C30H27N3O3/c31-28(34)24-16-18-25(19-17-24)32-29(35)26(20-21-10-4-1-5-11-21)33-30(36)27(22-12-6-2-7-13-22)23-14-8-3-9-15-23/h1-19,26-27H,20H2,(H2,31,34)(H,32,35)(H,33,36). The van der Waals surface area contributed by atoms with Crippen molar-refractivity contribution >= 4 is 23.4 Å². The molecule has 0 aliphatic heterocycles. The van der Waals surface area contributed by atoms with Gasteiger partial charge in [0.25, 0.3) is 0 Å². The second-order valence-corrected chi connectivity index (χ2v) is 8.44. The Morgan fingerprint density at radius 2 is 1.14 bits per heavy atom. The van der Waals surface area contributed by atoms with Crippen molar-refractivity contribution in [3.8, 4) is 0 Å². The Labute approximate surface area is 210 Å². The van der Waals surface area contributed by atoms with Gasteiger partial charge in [0.1, 0.15) is 6.04 Å². The molecule has 0 spiro atoms. The Kier molecular flexibility index (Phi) is 7.88. The summed E-state index contributed by atoms with van der Waals surface area (Å²) in [6.07, 6.45) is 0.314. The van der Waals surface area contributed by atoms with Crippen LogP contribution in [0.3, 0.4) is 0 Å². The van der Waals surface area contributed by atoms with Crippen LogP contribution in [0.1, 0.15) is 33.0 Å². The molecule has 0 aliphatic carbocycles. The number of amides is 3. The van der Waals surface area contributed by atoms with E-state index in [2.05, 4.69) is 10.6 Å². The molecule has 4 N–H and O–H groups in total. The van der Waals surface area contributed by atoms with Crippen molar-refractivity contribution in [1.29, 1.82) is 0 Å². The molecule has 3 amide bonds. The Balaban J connectivity index is 1.60. The Morgan fingerprint density at radius 1 is 0.639 bits per heavy atom. The first-order chi connectivity index (χ1) is 17.5. The number of primary amides is 1. The van der Waals surface area contributed by atoms with Crippen LogP contribution in [0.2, 0.25) is 0 Å². The van der Waals surface area contributed by atoms with Crippen LogP contribution in [0.5, 0.6) is 0 Å². The summed E-state index contributed by atoms with van der Waals surface area (Å²) in [5.41, 5.74) is 8.73. The molecule has 0 heterocycles. The van der Waals surface area contributed by atoms with Crippen molar-refractivity contribution in [3.63, 3.8) is 0 Å². The van der Waals surface area contributed by atoms with Crippen LogP contribution in [-0.4, -0.2) is 23.8 Å². The zero-order valence-corrected chi connectivity index (χ0v) is 19.6. The number of carbonyl (C=O) groups excluding carboxylic acids is 3. The molecule has 0 aliphatic rings. The summed E-state index contributed by atoms with van der Waals surface area (Å²) in [5.74, 6) is -1.75. The molecule has 4 aromatic carbocycles. The zero-order valence-electron chi connectivity index (χ0n) is 19.6. The summed E-state index contributed by atoms with van der Waals surface area (Å²) in [5, 5.41) is 5.83. The summed E-state index contributed by atoms with van der Waals surface area (Å²) >= 11 is 0. The van der Waals surface area contributed by atoms with Gasteiger partial charge in [0, 0.05) is 17.7 Å². The van der Waals surface area contributed by atoms with Gasteiger partial charge in [-0.25, -0.2) is 0 Å². The Hall–Kier alpha value is -4.71. The molecule has 4 rings (SSSR count). The van der Waals surface area contributed by atoms with Crippen molar-refractivity contribution in [2.24, 2.45) is 5.73 Å². The van der Waals surface area contributed by atoms with Crippen LogP contribution in [-0.2, 0) is 16.0 Å². The van der Waals surface area contributed by atoms with Gasteiger partial charge in [-0.3, -0.25) is 14.4 Å². The highest BCUT2D eigenvalue weighted by atomic mass is 16.2. The van der Waals surface area contributed by atoms with Gasteiger partial charge >= 0.3 is 0 Å². The smallest absolute Gasteiger partial charge is 0.248 e. The largest absolute Gasteiger partial charge is 0.366 e. The van der Waals surface area contributed by atoms with Gasteiger partial charge < -0.3 is 16.4 Å². The number of hydrogen-bond acceptors (Lipinski definition) is 3. The maximum absolute atomic E-state index is 13.7. The van der Waals surface area contributed by atoms with E-state index in [1.807, 2.05) is 91.0 Å². The fraction of sp³-hybridized carbons (Fsp3) is 0.100. The molecule has 0 saturated heterocycles. The Bertz CT molecular complexity index is 1270. The molecule has 0 aromatic heterocycles. The topological polar surface area (TPSA) is 101 Å². The van der Waals surface area contributed by atoms with Crippen LogP contribution in [0.15, 0.2) is 115 Å². The molecular formula is C30H27N3O3. The van der Waals surface area contributed by atoms with E-state index in [4.69, 9.17) is 5.73 Å². The van der Waals surface area contributed by atoms with Gasteiger partial charge in [0.2, 0.25) is 17.7 Å². The van der Waals surface area contributed by atoms with Crippen molar-refractivity contribution in [1.82, 2.24) is 5.32 Å². The lowest BCUT2D eigenvalue weighted by Crippen LogP contribution is -2.47. The Morgan fingerprint density at radius 3 is 1.64 bits per heavy atom. The molecule has 1 atom stereocenters. The number of nitrogens with two attached hydrogens (primary N) is 1. The van der Waals surface area contributed by atoms with Crippen molar-refractivity contribution in [3.05, 3.63) is 138 Å². The molecule has 0 radical (unpaired) electrons. The predicted molar refractivity (Wildman–Crippen MR) is 140 cm³/mol. The lowest BCUT2D eigenvalue weighted by Gasteiger charge is -2.23. The van der Waals surface area contributed by atoms with Gasteiger partial charge in [-0.2, -0.15) is 0 Å². The third-order valence-electron chi connectivity index (χ3n) is 5.88. The fourth-order valence-electron chi connectivity index (χ4n) is 4.05. The molecule has 4 aromatic rings. The van der Waals surface area contributed by atoms with E-state index in [1.54, 1.807) is 24.3 Å². The number of hydrogen-bond donors (Lipinski definition) is 3. The number of benzene rings is 4. The summed E-state index contributed by atoms with van der Waals surface area (Å²) in [4.78, 5) is 38.4. The molecule has 36 heavy (non-hydrogen) atoms. The first-order valence-electron chi connectivity index (χ1n) is 11.7. The van der Waals surface area contributed by atoms with Crippen LogP contribution in [0, 0.1) is 0 Å². The third-order valence-corrected chi connectivity index (χ3v) is 5.88. The number of rotatable bonds is 9. The number of anilines is 1. The SMILES string of the molecule is NC(=O)c1ccc(NC(=O)C(Cc2ccccc2)NC(=O)C(c2ccccc2)c2ccccc2)cc1. The van der Waals surface area contributed by atoms with E-state index in [0.29, 0.717) is 17.7 Å². The first kappa shape index (κ1) is 24.4. The van der Waals surface area contributed by atoms with Crippen LogP contribution in [0.25, 0.3) is 0 Å². The third kappa shape index (κ3) is 6.24. The van der Waals surface area contributed by atoms with Crippen LogP contribution < -0.4 is 16.4 Å². The van der Waals surface area contributed by atoms with Crippen molar-refractivity contribution < 1.29 is 14.4 Å². The molecule has 1 unspecified atom stereocenters. The number of carbonyl (C=O) groups is 3. The van der Waals surface area contributed by atoms with Gasteiger partial charge in [0.05, 0.1) is 5.92 Å². The number of nitrogens with one attached hydrogen (secondary N) is 2. The predicted octanol–water partition coefficient (Wildman–Crippen LogP) is 4.28. The minimum absolute atomic E-state index is 0.271. The highest BCUT2D eigenvalue weighted by molar-refractivity contribution is 5.99. The lowest BCUT2D eigenvalue weighted by molar-refractivity contribution is -0.126. The lowest BCUT2D eigenvalue weighted by atomic mass is 9.90. The maximum atomic E-state index is 13.7. The van der Waals surface area contributed by atoms with E-state index >= 15 is 0 Å². The normalized spacial score (nSPS) is 11.5. The fourth-order valence-corrected chi connectivity index (χ4v) is 4.05. The average molecular weight is 478 g/mol. The highest BCUT2D eigenvalue weighted by Crippen LogP contribution is 2.25. The van der Waals surface area contributed by atoms with Gasteiger partial charge in [-0.05, 0) is 41.0 Å². The first-order valence-corrected chi connectivity index (χ1v) is 11.7. The average Bonchev–Trinajstić information content (AvgIpc) is 2.90. The van der Waals surface area contributed by atoms with Crippen LogP contribution >= 0.6 is 0 Å². The molecule has 0 saturated carbocycles. The quantitative estimate of drug-likeness (QED) is 0.335. The van der Waals surface area contributed by atoms with Crippen molar-refractivity contribution in [2.75, 3.05) is 5.32 Å². The molecule has 0 fully saturated rings. The summed E-state index contributed by atoms with van der Waals surface area (Å²) < 4.78 is 0.